The van der Waals surface area contributed by atoms with Crippen molar-refractivity contribution in [3.8, 4) is 6.07 Å². The van der Waals surface area contributed by atoms with Gasteiger partial charge in [0.2, 0.25) is 0 Å². The van der Waals surface area contributed by atoms with Crippen molar-refractivity contribution in [2.75, 3.05) is 19.7 Å². The SMILES string of the molecule is CCOC(=O)/C(C#N)=C1/CCCN1CC. The van der Waals surface area contributed by atoms with Gasteiger partial charge in [-0.1, -0.05) is 0 Å². The lowest BCUT2D eigenvalue weighted by Crippen LogP contribution is -2.21. The molecule has 0 saturated carbocycles. The molecule has 0 aromatic rings. The van der Waals surface area contributed by atoms with E-state index in [2.05, 4.69) is 4.90 Å². The summed E-state index contributed by atoms with van der Waals surface area (Å²) in [5, 5.41) is 8.96. The van der Waals surface area contributed by atoms with E-state index in [-0.39, 0.29) is 5.57 Å². The molecule has 1 fully saturated rings. The van der Waals surface area contributed by atoms with E-state index in [4.69, 9.17) is 10.00 Å². The predicted molar refractivity (Wildman–Crippen MR) is 55.8 cm³/mol. The number of allylic oxidation sites excluding steroid dienone is 1. The molecule has 0 spiro atoms. The lowest BCUT2D eigenvalue weighted by Gasteiger charge is -2.18. The van der Waals surface area contributed by atoms with E-state index < -0.39 is 5.97 Å². The molecule has 0 atom stereocenters. The number of likely N-dealkylation sites (tertiary alicyclic amines) is 1. The van der Waals surface area contributed by atoms with Crippen molar-refractivity contribution < 1.29 is 9.53 Å². The number of nitriles is 1. The highest BCUT2D eigenvalue weighted by atomic mass is 16.5. The third-order valence-corrected chi connectivity index (χ3v) is 2.48. The van der Waals surface area contributed by atoms with Crippen molar-refractivity contribution in [1.82, 2.24) is 4.90 Å². The molecule has 15 heavy (non-hydrogen) atoms. The standard InChI is InChI=1S/C11H16N2O2/c1-3-13-7-5-6-10(13)9(8-12)11(14)15-4-2/h3-7H2,1-2H3/b10-9-. The van der Waals surface area contributed by atoms with Gasteiger partial charge in [-0.05, 0) is 26.7 Å². The second kappa shape index (κ2) is 5.40. The summed E-state index contributed by atoms with van der Waals surface area (Å²) < 4.78 is 4.85. The Morgan fingerprint density at radius 3 is 2.87 bits per heavy atom. The third-order valence-electron chi connectivity index (χ3n) is 2.48. The Labute approximate surface area is 90.1 Å². The van der Waals surface area contributed by atoms with Crippen LogP contribution in [-0.4, -0.2) is 30.6 Å². The lowest BCUT2D eigenvalue weighted by molar-refractivity contribution is -0.138. The van der Waals surface area contributed by atoms with Crippen LogP contribution in [0.2, 0.25) is 0 Å². The first-order chi connectivity index (χ1) is 7.24. The average molecular weight is 208 g/mol. The molecule has 1 rings (SSSR count). The van der Waals surface area contributed by atoms with E-state index in [0.717, 1.165) is 31.6 Å². The Balaban J connectivity index is 2.92. The van der Waals surface area contributed by atoms with Crippen molar-refractivity contribution in [2.24, 2.45) is 0 Å². The highest BCUT2D eigenvalue weighted by Crippen LogP contribution is 2.24. The maximum atomic E-state index is 11.5. The number of esters is 1. The number of carbonyl (C=O) groups is 1. The van der Waals surface area contributed by atoms with Gasteiger partial charge in [-0.3, -0.25) is 0 Å². The number of ether oxygens (including phenoxy) is 1. The first-order valence-corrected chi connectivity index (χ1v) is 5.29. The molecule has 1 aliphatic heterocycles. The minimum Gasteiger partial charge on any atom is -0.462 e. The summed E-state index contributed by atoms with van der Waals surface area (Å²) in [6.07, 6.45) is 1.81. The Hall–Kier alpha value is -1.50. The van der Waals surface area contributed by atoms with Crippen LogP contribution < -0.4 is 0 Å². The molecular weight excluding hydrogens is 192 g/mol. The van der Waals surface area contributed by atoms with Crippen LogP contribution in [-0.2, 0) is 9.53 Å². The fraction of sp³-hybridized carbons (Fsp3) is 0.636. The van der Waals surface area contributed by atoms with E-state index in [1.165, 1.54) is 0 Å². The number of nitrogens with zero attached hydrogens (tertiary/aromatic N) is 2. The summed E-state index contributed by atoms with van der Waals surface area (Å²) in [5.41, 5.74) is 1.02. The summed E-state index contributed by atoms with van der Waals surface area (Å²) >= 11 is 0. The van der Waals surface area contributed by atoms with Gasteiger partial charge < -0.3 is 9.64 Å². The summed E-state index contributed by atoms with van der Waals surface area (Å²) in [6, 6.07) is 1.96. The lowest BCUT2D eigenvalue weighted by atomic mass is 10.2. The normalized spacial score (nSPS) is 18.6. The molecule has 0 radical (unpaired) electrons. The third kappa shape index (κ3) is 2.50. The first-order valence-electron chi connectivity index (χ1n) is 5.29. The topological polar surface area (TPSA) is 53.3 Å². The Morgan fingerprint density at radius 1 is 1.60 bits per heavy atom. The van der Waals surface area contributed by atoms with Crippen LogP contribution in [0.3, 0.4) is 0 Å². The molecule has 0 amide bonds. The molecule has 4 nitrogen and oxygen atoms in total. The predicted octanol–water partition coefficient (Wildman–Crippen LogP) is 1.44. The van der Waals surface area contributed by atoms with Gasteiger partial charge in [-0.15, -0.1) is 0 Å². The monoisotopic (exact) mass is 208 g/mol. The fourth-order valence-electron chi connectivity index (χ4n) is 1.79. The quantitative estimate of drug-likeness (QED) is 0.400. The largest absolute Gasteiger partial charge is 0.462 e. The van der Waals surface area contributed by atoms with Crippen LogP contribution in [0.15, 0.2) is 11.3 Å². The molecule has 1 saturated heterocycles. The van der Waals surface area contributed by atoms with E-state index in [0.29, 0.717) is 6.61 Å². The van der Waals surface area contributed by atoms with E-state index >= 15 is 0 Å². The summed E-state index contributed by atoms with van der Waals surface area (Å²) in [7, 11) is 0. The zero-order valence-corrected chi connectivity index (χ0v) is 9.25. The maximum Gasteiger partial charge on any atom is 0.350 e. The van der Waals surface area contributed by atoms with Crippen LogP contribution in [0.1, 0.15) is 26.7 Å². The molecule has 0 aromatic heterocycles. The maximum absolute atomic E-state index is 11.5. The zero-order valence-electron chi connectivity index (χ0n) is 9.25. The molecule has 4 heteroatoms. The van der Waals surface area contributed by atoms with E-state index in [1.54, 1.807) is 6.92 Å². The molecule has 82 valence electrons. The van der Waals surface area contributed by atoms with Crippen LogP contribution in [0.25, 0.3) is 0 Å². The number of hydrogen-bond donors (Lipinski definition) is 0. The van der Waals surface area contributed by atoms with Crippen molar-refractivity contribution in [3.05, 3.63) is 11.3 Å². The van der Waals surface area contributed by atoms with Gasteiger partial charge in [0.25, 0.3) is 0 Å². The average Bonchev–Trinajstić information content (AvgIpc) is 2.67. The van der Waals surface area contributed by atoms with Crippen LogP contribution in [0.5, 0.6) is 0 Å². The van der Waals surface area contributed by atoms with Crippen LogP contribution in [0.4, 0.5) is 0 Å². The summed E-state index contributed by atoms with van der Waals surface area (Å²) in [4.78, 5) is 13.6. The molecule has 1 heterocycles. The van der Waals surface area contributed by atoms with E-state index in [9.17, 15) is 4.79 Å². The fourth-order valence-corrected chi connectivity index (χ4v) is 1.79. The minimum absolute atomic E-state index is 0.177. The van der Waals surface area contributed by atoms with Crippen LogP contribution >= 0.6 is 0 Å². The summed E-state index contributed by atoms with van der Waals surface area (Å²) in [5.74, 6) is -0.490. The second-order valence-corrected chi connectivity index (χ2v) is 3.34. The zero-order chi connectivity index (χ0) is 11.3. The number of carbonyl (C=O) groups excluding carboxylic acids is 1. The summed E-state index contributed by atoms with van der Waals surface area (Å²) in [6.45, 7) is 5.83. The van der Waals surface area contributed by atoms with Gasteiger partial charge in [0.1, 0.15) is 6.07 Å². The second-order valence-electron chi connectivity index (χ2n) is 3.34. The molecule has 0 aliphatic carbocycles. The van der Waals surface area contributed by atoms with Crippen molar-refractivity contribution in [3.63, 3.8) is 0 Å². The highest BCUT2D eigenvalue weighted by Gasteiger charge is 2.24. The highest BCUT2D eigenvalue weighted by molar-refractivity contribution is 5.93. The van der Waals surface area contributed by atoms with Gasteiger partial charge in [-0.2, -0.15) is 5.26 Å². The Bertz CT molecular complexity index is 315. The Kier molecular flexibility index (Phi) is 4.17. The number of hydrogen-bond acceptors (Lipinski definition) is 4. The van der Waals surface area contributed by atoms with Crippen molar-refractivity contribution in [2.45, 2.75) is 26.7 Å². The smallest absolute Gasteiger partial charge is 0.350 e. The van der Waals surface area contributed by atoms with Gasteiger partial charge in [0, 0.05) is 18.8 Å². The molecule has 0 bridgehead atoms. The van der Waals surface area contributed by atoms with Gasteiger partial charge >= 0.3 is 5.97 Å². The van der Waals surface area contributed by atoms with Gasteiger partial charge in [0.05, 0.1) is 6.61 Å². The molecular formula is C11H16N2O2. The van der Waals surface area contributed by atoms with Crippen LogP contribution in [0, 0.1) is 11.3 Å². The van der Waals surface area contributed by atoms with Gasteiger partial charge in [0.15, 0.2) is 5.57 Å². The van der Waals surface area contributed by atoms with Crippen molar-refractivity contribution >= 4 is 5.97 Å². The van der Waals surface area contributed by atoms with E-state index in [1.807, 2.05) is 13.0 Å². The Morgan fingerprint density at radius 2 is 2.33 bits per heavy atom. The molecule has 1 aliphatic rings. The molecule has 0 N–H and O–H groups in total. The number of rotatable bonds is 3. The molecule has 0 aromatic carbocycles. The minimum atomic E-state index is -0.490. The van der Waals surface area contributed by atoms with Crippen molar-refractivity contribution in [1.29, 1.82) is 5.26 Å². The van der Waals surface area contributed by atoms with Gasteiger partial charge in [-0.25, -0.2) is 4.79 Å². The first kappa shape index (κ1) is 11.6. The molecule has 0 unspecified atom stereocenters.